The number of carbonyl (C=O) groups excluding carboxylic acids is 1. The first-order valence-corrected chi connectivity index (χ1v) is 8.83. The normalized spacial score (nSPS) is 16.6. The second-order valence-corrected chi connectivity index (χ2v) is 6.59. The Kier molecular flexibility index (Phi) is 5.49. The highest BCUT2D eigenvalue weighted by molar-refractivity contribution is 5.89. The van der Waals surface area contributed by atoms with Crippen LogP contribution in [0.3, 0.4) is 0 Å². The summed E-state index contributed by atoms with van der Waals surface area (Å²) >= 11 is 0. The van der Waals surface area contributed by atoms with Crippen LogP contribution in [0.5, 0.6) is 0 Å². The lowest BCUT2D eigenvalue weighted by molar-refractivity contribution is -0.127. The first-order valence-electron chi connectivity index (χ1n) is 8.83. The molecule has 7 nitrogen and oxygen atoms in total. The lowest BCUT2D eigenvalue weighted by Gasteiger charge is -2.31. The molecule has 0 spiro atoms. The van der Waals surface area contributed by atoms with Gasteiger partial charge in [-0.1, -0.05) is 12.6 Å². The highest BCUT2D eigenvalue weighted by Gasteiger charge is 2.24. The summed E-state index contributed by atoms with van der Waals surface area (Å²) in [5.41, 5.74) is 2.61. The van der Waals surface area contributed by atoms with Crippen LogP contribution in [0.25, 0.3) is 0 Å². The summed E-state index contributed by atoms with van der Waals surface area (Å²) in [4.78, 5) is 33.7. The van der Waals surface area contributed by atoms with Crippen LogP contribution in [0.15, 0.2) is 43.1 Å². The van der Waals surface area contributed by atoms with Crippen LogP contribution >= 0.6 is 0 Å². The molecule has 7 heteroatoms. The van der Waals surface area contributed by atoms with Crippen molar-refractivity contribution in [2.75, 3.05) is 18.4 Å². The van der Waals surface area contributed by atoms with Gasteiger partial charge in [0.05, 0.1) is 11.3 Å². The van der Waals surface area contributed by atoms with E-state index in [9.17, 15) is 14.7 Å². The number of carbonyl (C=O) groups is 2. The molecule has 0 aliphatic carbocycles. The molecule has 1 atom stereocenters. The number of nitrogens with zero attached hydrogens (tertiary/aromatic N) is 3. The number of carboxylic acid groups (broad SMARTS) is 1. The summed E-state index contributed by atoms with van der Waals surface area (Å²) in [6.07, 6.45) is 4.88. The van der Waals surface area contributed by atoms with Gasteiger partial charge in [-0.05, 0) is 49.6 Å². The predicted molar refractivity (Wildman–Crippen MR) is 102 cm³/mol. The number of piperidine rings is 1. The van der Waals surface area contributed by atoms with E-state index in [-0.39, 0.29) is 17.4 Å². The highest BCUT2D eigenvalue weighted by atomic mass is 16.4. The molecular weight excluding hydrogens is 344 g/mol. The number of anilines is 2. The quantitative estimate of drug-likeness (QED) is 0.790. The van der Waals surface area contributed by atoms with Crippen LogP contribution in [0.1, 0.15) is 40.4 Å². The minimum absolute atomic E-state index is 0.0618. The van der Waals surface area contributed by atoms with E-state index in [1.54, 1.807) is 29.3 Å². The standard InChI is InChI=1S/C20H22N4O3/c1-3-18(25)24-10-4-5-15(12-24)16-8-9-21-20(22-16)23-17-11-14(19(26)27)7-6-13(17)2/h3,6-9,11,15H,1,4-5,10,12H2,2H3,(H,26,27)(H,21,22,23). The Morgan fingerprint density at radius 3 is 2.93 bits per heavy atom. The molecule has 0 bridgehead atoms. The fourth-order valence-electron chi connectivity index (χ4n) is 3.22. The van der Waals surface area contributed by atoms with Gasteiger partial charge in [-0.25, -0.2) is 14.8 Å². The largest absolute Gasteiger partial charge is 0.478 e. The lowest BCUT2D eigenvalue weighted by atomic mass is 9.94. The molecule has 2 heterocycles. The van der Waals surface area contributed by atoms with Gasteiger partial charge in [-0.3, -0.25) is 4.79 Å². The van der Waals surface area contributed by atoms with Crippen molar-refractivity contribution in [1.82, 2.24) is 14.9 Å². The maximum Gasteiger partial charge on any atom is 0.335 e. The minimum atomic E-state index is -0.984. The maximum atomic E-state index is 11.9. The van der Waals surface area contributed by atoms with Crippen molar-refractivity contribution >= 4 is 23.5 Å². The molecule has 0 saturated carbocycles. The van der Waals surface area contributed by atoms with E-state index in [4.69, 9.17) is 0 Å². The number of rotatable bonds is 5. The number of nitrogens with one attached hydrogen (secondary N) is 1. The first-order chi connectivity index (χ1) is 13.0. The Morgan fingerprint density at radius 1 is 1.37 bits per heavy atom. The molecule has 1 aliphatic heterocycles. The third-order valence-electron chi connectivity index (χ3n) is 4.73. The van der Waals surface area contributed by atoms with Gasteiger partial charge in [0.15, 0.2) is 0 Å². The summed E-state index contributed by atoms with van der Waals surface area (Å²) in [5, 5.41) is 12.3. The van der Waals surface area contributed by atoms with Gasteiger partial charge < -0.3 is 15.3 Å². The maximum absolute atomic E-state index is 11.9. The summed E-state index contributed by atoms with van der Waals surface area (Å²) < 4.78 is 0. The zero-order valence-electron chi connectivity index (χ0n) is 15.2. The smallest absolute Gasteiger partial charge is 0.335 e. The number of aromatic carboxylic acids is 1. The van der Waals surface area contributed by atoms with Crippen molar-refractivity contribution in [2.45, 2.75) is 25.7 Å². The number of carboxylic acids is 1. The van der Waals surface area contributed by atoms with E-state index in [0.29, 0.717) is 18.2 Å². The number of amides is 1. The Hall–Kier alpha value is -3.22. The van der Waals surface area contributed by atoms with Gasteiger partial charge in [0.1, 0.15) is 0 Å². The molecule has 1 unspecified atom stereocenters. The number of aryl methyl sites for hydroxylation is 1. The fraction of sp³-hybridized carbons (Fsp3) is 0.300. The number of likely N-dealkylation sites (tertiary alicyclic amines) is 1. The zero-order valence-corrected chi connectivity index (χ0v) is 15.2. The third-order valence-corrected chi connectivity index (χ3v) is 4.73. The Balaban J connectivity index is 1.80. The molecule has 1 aliphatic rings. The van der Waals surface area contributed by atoms with Crippen molar-refractivity contribution in [1.29, 1.82) is 0 Å². The Morgan fingerprint density at radius 2 is 2.19 bits per heavy atom. The fourth-order valence-corrected chi connectivity index (χ4v) is 3.22. The average Bonchev–Trinajstić information content (AvgIpc) is 2.69. The highest BCUT2D eigenvalue weighted by Crippen LogP contribution is 2.27. The summed E-state index contributed by atoms with van der Waals surface area (Å²) in [6, 6.07) is 6.74. The van der Waals surface area contributed by atoms with Gasteiger partial charge in [0, 0.05) is 30.9 Å². The molecule has 3 rings (SSSR count). The molecule has 1 amide bonds. The Labute approximate surface area is 157 Å². The predicted octanol–water partition coefficient (Wildman–Crippen LogP) is 3.12. The van der Waals surface area contributed by atoms with Gasteiger partial charge in [-0.15, -0.1) is 0 Å². The summed E-state index contributed by atoms with van der Waals surface area (Å²) in [5.74, 6) is -0.502. The molecule has 1 fully saturated rings. The monoisotopic (exact) mass is 366 g/mol. The van der Waals surface area contributed by atoms with Crippen LogP contribution in [0.4, 0.5) is 11.6 Å². The van der Waals surface area contributed by atoms with E-state index in [2.05, 4.69) is 21.9 Å². The number of benzene rings is 1. The van der Waals surface area contributed by atoms with Gasteiger partial charge in [0.2, 0.25) is 11.9 Å². The number of hydrogen-bond acceptors (Lipinski definition) is 5. The second-order valence-electron chi connectivity index (χ2n) is 6.59. The summed E-state index contributed by atoms with van der Waals surface area (Å²) in [6.45, 7) is 6.78. The van der Waals surface area contributed by atoms with Crippen LogP contribution in [-0.4, -0.2) is 44.9 Å². The van der Waals surface area contributed by atoms with Gasteiger partial charge in [0.25, 0.3) is 0 Å². The van der Waals surface area contributed by atoms with Crippen molar-refractivity contribution in [3.8, 4) is 0 Å². The molecule has 2 N–H and O–H groups in total. The molecule has 1 aromatic carbocycles. The molecule has 1 aromatic heterocycles. The number of aromatic nitrogens is 2. The number of hydrogen-bond donors (Lipinski definition) is 2. The van der Waals surface area contributed by atoms with E-state index in [0.717, 1.165) is 30.6 Å². The van der Waals surface area contributed by atoms with Gasteiger partial charge in [-0.2, -0.15) is 0 Å². The lowest BCUT2D eigenvalue weighted by Crippen LogP contribution is -2.38. The van der Waals surface area contributed by atoms with E-state index in [1.165, 1.54) is 6.08 Å². The van der Waals surface area contributed by atoms with E-state index >= 15 is 0 Å². The first kappa shape index (κ1) is 18.6. The van der Waals surface area contributed by atoms with Crippen molar-refractivity contribution < 1.29 is 14.7 Å². The minimum Gasteiger partial charge on any atom is -0.478 e. The molecule has 2 aromatic rings. The molecule has 140 valence electrons. The van der Waals surface area contributed by atoms with Crippen LogP contribution < -0.4 is 5.32 Å². The molecule has 27 heavy (non-hydrogen) atoms. The van der Waals surface area contributed by atoms with Crippen LogP contribution in [-0.2, 0) is 4.79 Å². The second kappa shape index (κ2) is 7.99. The zero-order chi connectivity index (χ0) is 19.4. The van der Waals surface area contributed by atoms with Crippen LogP contribution in [0, 0.1) is 6.92 Å². The van der Waals surface area contributed by atoms with Gasteiger partial charge >= 0.3 is 5.97 Å². The topological polar surface area (TPSA) is 95.4 Å². The summed E-state index contributed by atoms with van der Waals surface area (Å²) in [7, 11) is 0. The van der Waals surface area contributed by atoms with Crippen molar-refractivity contribution in [2.24, 2.45) is 0 Å². The van der Waals surface area contributed by atoms with E-state index < -0.39 is 5.97 Å². The molecule has 0 radical (unpaired) electrons. The van der Waals surface area contributed by atoms with Crippen LogP contribution in [0.2, 0.25) is 0 Å². The Bertz CT molecular complexity index is 881. The molecule has 1 saturated heterocycles. The van der Waals surface area contributed by atoms with E-state index in [1.807, 2.05) is 13.0 Å². The third kappa shape index (κ3) is 4.31. The van der Waals surface area contributed by atoms with Crippen molar-refractivity contribution in [3.05, 3.63) is 59.9 Å². The average molecular weight is 366 g/mol. The SMILES string of the molecule is C=CC(=O)N1CCCC(c2ccnc(Nc3cc(C(=O)O)ccc3C)n2)C1. The molecular formula is C20H22N4O3. The van der Waals surface area contributed by atoms with Crippen molar-refractivity contribution in [3.63, 3.8) is 0 Å².